The molecular weight excluding hydrogens is 392 g/mol. The quantitative estimate of drug-likeness (QED) is 0.501. The standard InChI is InChI=1S/C20H21ClN6S/c1-11-9-12(2)17(13(3)10-11)25-18-22-14(4)23-19(26-18)27-20(28)24-16-7-5-15(21)6-8-16/h5-10H,1-4H3,(H3,22,23,24,25,26,27,28). The van der Waals surface area contributed by atoms with Gasteiger partial charge >= 0.3 is 0 Å². The van der Waals surface area contributed by atoms with Gasteiger partial charge in [0.2, 0.25) is 11.9 Å². The van der Waals surface area contributed by atoms with Crippen molar-refractivity contribution in [3.05, 3.63) is 63.9 Å². The highest BCUT2D eigenvalue weighted by Gasteiger charge is 2.10. The van der Waals surface area contributed by atoms with E-state index in [9.17, 15) is 0 Å². The number of aryl methyl sites for hydroxylation is 4. The lowest BCUT2D eigenvalue weighted by molar-refractivity contribution is 0.991. The van der Waals surface area contributed by atoms with Gasteiger partial charge in [-0.3, -0.25) is 0 Å². The fourth-order valence-electron chi connectivity index (χ4n) is 2.88. The zero-order valence-electron chi connectivity index (χ0n) is 16.1. The Hall–Kier alpha value is -2.77. The second-order valence-corrected chi connectivity index (χ2v) is 7.36. The molecule has 0 aliphatic rings. The first kappa shape index (κ1) is 20.0. The van der Waals surface area contributed by atoms with Gasteiger partial charge in [0.25, 0.3) is 0 Å². The first-order chi connectivity index (χ1) is 13.3. The summed E-state index contributed by atoms with van der Waals surface area (Å²) in [4.78, 5) is 13.1. The van der Waals surface area contributed by atoms with Crippen molar-refractivity contribution in [2.75, 3.05) is 16.0 Å². The minimum Gasteiger partial charge on any atom is -0.332 e. The lowest BCUT2D eigenvalue weighted by Gasteiger charge is -2.14. The van der Waals surface area contributed by atoms with Crippen LogP contribution >= 0.6 is 23.8 Å². The Balaban J connectivity index is 1.76. The molecule has 3 rings (SSSR count). The third-order valence-corrected chi connectivity index (χ3v) is 4.44. The number of hydrogen-bond donors (Lipinski definition) is 3. The summed E-state index contributed by atoms with van der Waals surface area (Å²) < 4.78 is 0. The van der Waals surface area contributed by atoms with E-state index < -0.39 is 0 Å². The molecule has 3 N–H and O–H groups in total. The fourth-order valence-corrected chi connectivity index (χ4v) is 3.21. The van der Waals surface area contributed by atoms with Gasteiger partial charge in [-0.25, -0.2) is 0 Å². The van der Waals surface area contributed by atoms with Crippen LogP contribution in [0.25, 0.3) is 0 Å². The van der Waals surface area contributed by atoms with Crippen molar-refractivity contribution >= 4 is 52.2 Å². The maximum absolute atomic E-state index is 5.90. The summed E-state index contributed by atoms with van der Waals surface area (Å²) in [5.41, 5.74) is 5.28. The maximum Gasteiger partial charge on any atom is 0.234 e. The highest BCUT2D eigenvalue weighted by molar-refractivity contribution is 7.80. The molecule has 2 aromatic carbocycles. The van der Waals surface area contributed by atoms with Crippen molar-refractivity contribution in [2.24, 2.45) is 0 Å². The summed E-state index contributed by atoms with van der Waals surface area (Å²) in [7, 11) is 0. The Labute approximate surface area is 174 Å². The molecule has 8 heteroatoms. The van der Waals surface area contributed by atoms with Crippen LogP contribution in [0.1, 0.15) is 22.5 Å². The summed E-state index contributed by atoms with van der Waals surface area (Å²) in [5.74, 6) is 1.40. The van der Waals surface area contributed by atoms with E-state index in [0.717, 1.165) is 22.5 Å². The van der Waals surface area contributed by atoms with Crippen molar-refractivity contribution < 1.29 is 0 Å². The molecule has 1 aromatic heterocycles. The number of anilines is 4. The van der Waals surface area contributed by atoms with Crippen molar-refractivity contribution in [3.63, 3.8) is 0 Å². The average Bonchev–Trinajstić information content (AvgIpc) is 2.59. The molecule has 0 saturated carbocycles. The van der Waals surface area contributed by atoms with Gasteiger partial charge in [0, 0.05) is 16.4 Å². The number of nitrogens with zero attached hydrogens (tertiary/aromatic N) is 3. The molecule has 0 aliphatic carbocycles. The van der Waals surface area contributed by atoms with Crippen LogP contribution in [0.3, 0.4) is 0 Å². The number of nitrogens with one attached hydrogen (secondary N) is 3. The molecule has 0 saturated heterocycles. The van der Waals surface area contributed by atoms with Gasteiger partial charge in [-0.2, -0.15) is 15.0 Å². The SMILES string of the molecule is Cc1cc(C)c(Nc2nc(C)nc(NC(=S)Nc3ccc(Cl)cc3)n2)c(C)c1. The lowest BCUT2D eigenvalue weighted by Crippen LogP contribution is -2.21. The smallest absolute Gasteiger partial charge is 0.234 e. The Morgan fingerprint density at radius 2 is 1.46 bits per heavy atom. The molecular formula is C20H21ClN6S. The molecule has 0 spiro atoms. The molecule has 6 nitrogen and oxygen atoms in total. The second-order valence-electron chi connectivity index (χ2n) is 6.51. The number of aromatic nitrogens is 3. The molecule has 0 bridgehead atoms. The van der Waals surface area contributed by atoms with Crippen molar-refractivity contribution in [3.8, 4) is 0 Å². The number of hydrogen-bond acceptors (Lipinski definition) is 5. The summed E-state index contributed by atoms with van der Waals surface area (Å²) in [6.45, 7) is 8.00. The van der Waals surface area contributed by atoms with Gasteiger partial charge < -0.3 is 16.0 Å². The van der Waals surface area contributed by atoms with E-state index in [1.54, 1.807) is 12.1 Å². The summed E-state index contributed by atoms with van der Waals surface area (Å²) >= 11 is 11.2. The zero-order valence-corrected chi connectivity index (χ0v) is 17.7. The Bertz CT molecular complexity index is 997. The molecule has 0 amide bonds. The Morgan fingerprint density at radius 1 is 0.857 bits per heavy atom. The Morgan fingerprint density at radius 3 is 2.11 bits per heavy atom. The summed E-state index contributed by atoms with van der Waals surface area (Å²) in [6.07, 6.45) is 0. The van der Waals surface area contributed by atoms with Gasteiger partial charge in [0.05, 0.1) is 0 Å². The van der Waals surface area contributed by atoms with Crippen LogP contribution in [0, 0.1) is 27.7 Å². The maximum atomic E-state index is 5.90. The van der Waals surface area contributed by atoms with Gasteiger partial charge in [0.1, 0.15) is 5.82 Å². The van der Waals surface area contributed by atoms with Crippen LogP contribution in [0.2, 0.25) is 5.02 Å². The van der Waals surface area contributed by atoms with Crippen molar-refractivity contribution in [2.45, 2.75) is 27.7 Å². The van der Waals surface area contributed by atoms with Gasteiger partial charge in [-0.05, 0) is 75.3 Å². The molecule has 0 unspecified atom stereocenters. The predicted octanol–water partition coefficient (Wildman–Crippen LogP) is 5.31. The minimum atomic E-state index is 0.365. The van der Waals surface area contributed by atoms with Crippen molar-refractivity contribution in [1.29, 1.82) is 0 Å². The van der Waals surface area contributed by atoms with E-state index in [4.69, 9.17) is 23.8 Å². The topological polar surface area (TPSA) is 74.8 Å². The molecule has 1 heterocycles. The van der Waals surface area contributed by atoms with Crippen LogP contribution < -0.4 is 16.0 Å². The molecule has 0 aliphatic heterocycles. The number of halogens is 1. The van der Waals surface area contributed by atoms with E-state index in [0.29, 0.717) is 27.9 Å². The molecule has 0 fully saturated rings. The Kier molecular flexibility index (Phi) is 6.06. The van der Waals surface area contributed by atoms with Gasteiger partial charge in [-0.1, -0.05) is 29.3 Å². The highest BCUT2D eigenvalue weighted by atomic mass is 35.5. The number of rotatable bonds is 4. The zero-order chi connectivity index (χ0) is 20.3. The molecule has 144 valence electrons. The third kappa shape index (κ3) is 5.15. The van der Waals surface area contributed by atoms with E-state index >= 15 is 0 Å². The first-order valence-electron chi connectivity index (χ1n) is 8.71. The van der Waals surface area contributed by atoms with Crippen molar-refractivity contribution in [1.82, 2.24) is 15.0 Å². The fraction of sp³-hybridized carbons (Fsp3) is 0.200. The van der Waals surface area contributed by atoms with Crippen LogP contribution in [0.15, 0.2) is 36.4 Å². The highest BCUT2D eigenvalue weighted by Crippen LogP contribution is 2.24. The number of benzene rings is 2. The monoisotopic (exact) mass is 412 g/mol. The predicted molar refractivity (Wildman–Crippen MR) is 120 cm³/mol. The second kappa shape index (κ2) is 8.50. The molecule has 0 atom stereocenters. The van der Waals surface area contributed by atoms with E-state index in [-0.39, 0.29) is 0 Å². The number of thiocarbonyl (C=S) groups is 1. The average molecular weight is 413 g/mol. The summed E-state index contributed by atoms with van der Waals surface area (Å²) in [5, 5.41) is 10.4. The van der Waals surface area contributed by atoms with Gasteiger partial charge in [-0.15, -0.1) is 0 Å². The molecule has 0 radical (unpaired) electrons. The molecule has 28 heavy (non-hydrogen) atoms. The largest absolute Gasteiger partial charge is 0.332 e. The lowest BCUT2D eigenvalue weighted by atomic mass is 10.1. The minimum absolute atomic E-state index is 0.365. The van der Waals surface area contributed by atoms with E-state index in [1.165, 1.54) is 5.56 Å². The van der Waals surface area contributed by atoms with E-state index in [2.05, 4.69) is 63.8 Å². The van der Waals surface area contributed by atoms with Crippen LogP contribution in [-0.2, 0) is 0 Å². The first-order valence-corrected chi connectivity index (χ1v) is 9.50. The summed E-state index contributed by atoms with van der Waals surface area (Å²) in [6, 6.07) is 11.5. The van der Waals surface area contributed by atoms with E-state index in [1.807, 2.05) is 19.1 Å². The third-order valence-electron chi connectivity index (χ3n) is 3.99. The molecule has 3 aromatic rings. The van der Waals surface area contributed by atoms with Crippen LogP contribution in [-0.4, -0.2) is 20.1 Å². The normalized spacial score (nSPS) is 10.5. The van der Waals surface area contributed by atoms with Crippen LogP contribution in [0.5, 0.6) is 0 Å². The van der Waals surface area contributed by atoms with Gasteiger partial charge in [0.15, 0.2) is 5.11 Å². The van der Waals surface area contributed by atoms with Crippen LogP contribution in [0.4, 0.5) is 23.3 Å².